The van der Waals surface area contributed by atoms with E-state index < -0.39 is 0 Å². The second-order valence-corrected chi connectivity index (χ2v) is 12.3. The number of hydrogen-bond acceptors (Lipinski definition) is 0. The molecule has 0 aromatic heterocycles. The molecule has 0 nitrogen and oxygen atoms in total. The molecular formula is C15H22Cl2SiZr-2. The first kappa shape index (κ1) is 24.4. The fourth-order valence-corrected chi connectivity index (χ4v) is 3.76. The molecule has 0 heterocycles. The molecule has 0 atom stereocenters. The van der Waals surface area contributed by atoms with Gasteiger partial charge in [-0.3, -0.25) is 0 Å². The summed E-state index contributed by atoms with van der Waals surface area (Å²) in [5.74, 6) is 0. The van der Waals surface area contributed by atoms with E-state index >= 15 is 0 Å². The first-order valence-electron chi connectivity index (χ1n) is 6.05. The molecule has 0 bridgehead atoms. The monoisotopic (exact) mass is 390 g/mol. The molecule has 0 aliphatic rings. The maximum atomic E-state index is 2.40. The minimum Gasteiger partial charge on any atom is -1.00 e. The molecule has 106 valence electrons. The van der Waals surface area contributed by atoms with Crippen molar-refractivity contribution in [2.24, 2.45) is 0 Å². The minimum atomic E-state index is 0. The SMILES string of the molecule is CCC[Si](C)=[Zr+2].C[c-]1cccc1.[Cl-].[Cl-].c1cc[cH-]c1. The Balaban J connectivity index is -0.000000193. The number of halogens is 2. The summed E-state index contributed by atoms with van der Waals surface area (Å²) in [5, 5.41) is 0. The van der Waals surface area contributed by atoms with Crippen LogP contribution in [0.5, 0.6) is 0 Å². The third-order valence-electron chi connectivity index (χ3n) is 2.01. The summed E-state index contributed by atoms with van der Waals surface area (Å²) in [6.07, 6.45) is 1.40. The molecule has 2 aromatic carbocycles. The fraction of sp³-hybridized carbons (Fsp3) is 0.333. The zero-order valence-corrected chi connectivity index (χ0v) is 16.8. The molecular weight excluding hydrogens is 370 g/mol. The van der Waals surface area contributed by atoms with Crippen LogP contribution in [0.25, 0.3) is 0 Å². The Morgan fingerprint density at radius 3 is 1.63 bits per heavy atom. The fourth-order valence-electron chi connectivity index (χ4n) is 1.17. The van der Waals surface area contributed by atoms with Crippen LogP contribution in [0.3, 0.4) is 0 Å². The molecule has 0 radical (unpaired) electrons. The van der Waals surface area contributed by atoms with Crippen LogP contribution >= 0.6 is 0 Å². The average molecular weight is 393 g/mol. The van der Waals surface area contributed by atoms with Gasteiger partial charge in [0, 0.05) is 0 Å². The molecule has 2 rings (SSSR count). The Morgan fingerprint density at radius 2 is 1.53 bits per heavy atom. The van der Waals surface area contributed by atoms with Gasteiger partial charge in [0.1, 0.15) is 0 Å². The number of hydrogen-bond donors (Lipinski definition) is 0. The molecule has 4 heteroatoms. The van der Waals surface area contributed by atoms with Crippen molar-refractivity contribution in [3.05, 3.63) is 60.2 Å². The Hall–Kier alpha value is 0.380. The Kier molecular flexibility index (Phi) is 23.6. The maximum absolute atomic E-state index is 2.40. The molecule has 0 N–H and O–H groups in total. The van der Waals surface area contributed by atoms with Crippen molar-refractivity contribution in [3.8, 4) is 0 Å². The van der Waals surface area contributed by atoms with E-state index in [1.807, 2.05) is 42.5 Å². The minimum absolute atomic E-state index is 0. The zero-order valence-electron chi connectivity index (χ0n) is 11.9. The molecule has 2 aromatic rings. The van der Waals surface area contributed by atoms with Crippen LogP contribution in [0.4, 0.5) is 0 Å². The summed E-state index contributed by atoms with van der Waals surface area (Å²) >= 11 is 1.79. The smallest absolute Gasteiger partial charge is 0.0860 e. The molecule has 0 fully saturated rings. The maximum Gasteiger partial charge on any atom is -0.0860 e. The van der Waals surface area contributed by atoms with Crippen LogP contribution in [0.1, 0.15) is 18.9 Å². The van der Waals surface area contributed by atoms with Gasteiger partial charge in [0.15, 0.2) is 0 Å². The van der Waals surface area contributed by atoms with Crippen LogP contribution in [0.2, 0.25) is 12.6 Å². The van der Waals surface area contributed by atoms with Crippen LogP contribution in [-0.2, 0) is 23.3 Å². The van der Waals surface area contributed by atoms with Gasteiger partial charge in [0.25, 0.3) is 0 Å². The largest absolute Gasteiger partial charge is 1.00 e. The van der Waals surface area contributed by atoms with Crippen molar-refractivity contribution >= 4 is 5.43 Å². The van der Waals surface area contributed by atoms with Gasteiger partial charge < -0.3 is 24.8 Å². The number of aryl methyl sites for hydroxylation is 1. The average Bonchev–Trinajstić information content (AvgIpc) is 2.92. The third kappa shape index (κ3) is 20.8. The van der Waals surface area contributed by atoms with Gasteiger partial charge in [0.05, 0.1) is 0 Å². The van der Waals surface area contributed by atoms with E-state index in [1.165, 1.54) is 18.0 Å². The van der Waals surface area contributed by atoms with Gasteiger partial charge in [-0.1, -0.05) is 6.92 Å². The van der Waals surface area contributed by atoms with Gasteiger partial charge in [-0.15, -0.1) is 0 Å². The van der Waals surface area contributed by atoms with Crippen molar-refractivity contribution in [2.45, 2.75) is 32.9 Å². The van der Waals surface area contributed by atoms with Crippen LogP contribution in [0.15, 0.2) is 54.6 Å². The van der Waals surface area contributed by atoms with Crippen molar-refractivity contribution < 1.29 is 48.1 Å². The van der Waals surface area contributed by atoms with Crippen molar-refractivity contribution in [2.75, 3.05) is 0 Å². The molecule has 0 amide bonds. The summed E-state index contributed by atoms with van der Waals surface area (Å²) in [5.41, 5.74) is 1.55. The molecule has 0 aliphatic carbocycles. The molecule has 0 unspecified atom stereocenters. The molecule has 0 saturated heterocycles. The van der Waals surface area contributed by atoms with Crippen molar-refractivity contribution in [1.82, 2.24) is 0 Å². The van der Waals surface area contributed by atoms with Crippen LogP contribution < -0.4 is 24.8 Å². The number of rotatable bonds is 2. The predicted octanol–water partition coefficient (Wildman–Crippen LogP) is -1.31. The van der Waals surface area contributed by atoms with Gasteiger partial charge in [-0.25, -0.2) is 24.3 Å². The van der Waals surface area contributed by atoms with E-state index in [-0.39, 0.29) is 30.2 Å². The van der Waals surface area contributed by atoms with E-state index in [4.69, 9.17) is 0 Å². The topological polar surface area (TPSA) is 0 Å². The van der Waals surface area contributed by atoms with Crippen molar-refractivity contribution in [3.63, 3.8) is 0 Å². The van der Waals surface area contributed by atoms with E-state index in [0.29, 0.717) is 0 Å². The molecule has 0 saturated carbocycles. The Labute approximate surface area is 145 Å². The molecule has 19 heavy (non-hydrogen) atoms. The summed E-state index contributed by atoms with van der Waals surface area (Å²) in [6.45, 7) is 6.74. The molecule has 0 aliphatic heterocycles. The predicted molar refractivity (Wildman–Crippen MR) is 75.5 cm³/mol. The van der Waals surface area contributed by atoms with E-state index in [0.717, 1.165) is 0 Å². The van der Waals surface area contributed by atoms with Crippen molar-refractivity contribution in [1.29, 1.82) is 0 Å². The van der Waals surface area contributed by atoms with Crippen LogP contribution in [0, 0.1) is 6.92 Å². The van der Waals surface area contributed by atoms with Crippen LogP contribution in [-0.4, -0.2) is 5.43 Å². The first-order valence-corrected chi connectivity index (χ1v) is 11.9. The summed E-state index contributed by atoms with van der Waals surface area (Å²) in [6, 6.07) is 19.8. The second-order valence-electron chi connectivity index (χ2n) is 3.95. The Bertz CT molecular complexity index is 338. The van der Waals surface area contributed by atoms with Gasteiger partial charge in [-0.2, -0.15) is 35.9 Å². The second kappa shape index (κ2) is 18.4. The molecule has 0 spiro atoms. The van der Waals surface area contributed by atoms with Gasteiger partial charge >= 0.3 is 54.7 Å². The zero-order chi connectivity index (χ0) is 12.9. The standard InChI is InChI=1S/C6H7.C5H5.C4H10Si.2ClH.Zr/c1-6-4-2-3-5-6;1-2-4-5-3-1;1-3-4-5-2;;;/h2-5H,1H3;1-5H;3-4H2,1-2H3;2*1H;/q2*-1;;;;+2/p-2. The third-order valence-corrected chi connectivity index (χ3v) is 5.10. The van der Waals surface area contributed by atoms with E-state index in [1.54, 1.807) is 23.3 Å². The Morgan fingerprint density at radius 1 is 1.05 bits per heavy atom. The summed E-state index contributed by atoms with van der Waals surface area (Å²) < 4.78 is 0. The normalized spacial score (nSPS) is 7.63. The quantitative estimate of drug-likeness (QED) is 0.440. The van der Waals surface area contributed by atoms with Gasteiger partial charge in [-0.05, 0) is 0 Å². The van der Waals surface area contributed by atoms with E-state index in [9.17, 15) is 0 Å². The van der Waals surface area contributed by atoms with Gasteiger partial charge in [0.2, 0.25) is 0 Å². The summed E-state index contributed by atoms with van der Waals surface area (Å²) in [4.78, 5) is 0. The summed E-state index contributed by atoms with van der Waals surface area (Å²) in [7, 11) is 0. The first-order chi connectivity index (χ1) is 8.16. The van der Waals surface area contributed by atoms with E-state index in [2.05, 4.69) is 32.5 Å².